The van der Waals surface area contributed by atoms with E-state index in [4.69, 9.17) is 5.73 Å². The van der Waals surface area contributed by atoms with Crippen molar-refractivity contribution < 1.29 is 4.79 Å². The predicted octanol–water partition coefficient (Wildman–Crippen LogP) is -0.276. The summed E-state index contributed by atoms with van der Waals surface area (Å²) in [6.07, 6.45) is 5.29. The molecule has 0 aliphatic rings. The van der Waals surface area contributed by atoms with Crippen molar-refractivity contribution in [1.82, 2.24) is 15.3 Å². The average Bonchev–Trinajstić information content (AvgIpc) is 2.37. The summed E-state index contributed by atoms with van der Waals surface area (Å²) in [6, 6.07) is -0.787. The van der Waals surface area contributed by atoms with Crippen molar-refractivity contribution in [2.45, 2.75) is 12.5 Å². The Morgan fingerprint density at radius 2 is 2.64 bits per heavy atom. The molecule has 0 spiro atoms. The standard InChI is InChI=1S/C7H9N3O/c1-10-5-9-3-7(10)2-6(8)4-11/h3,5-6,8H,2H2,1H3/t6-/m0/s1. The van der Waals surface area contributed by atoms with Gasteiger partial charge in [0.05, 0.1) is 12.4 Å². The van der Waals surface area contributed by atoms with Crippen molar-refractivity contribution in [3.05, 3.63) is 18.2 Å². The topological polar surface area (TPSA) is 58.7 Å². The van der Waals surface area contributed by atoms with Crippen molar-refractivity contribution >= 4 is 6.29 Å². The summed E-state index contributed by atoms with van der Waals surface area (Å²) in [7, 11) is 1.83. The van der Waals surface area contributed by atoms with Crippen LogP contribution in [0.3, 0.4) is 0 Å². The minimum Gasteiger partial charge on any atom is -0.338 e. The van der Waals surface area contributed by atoms with Crippen molar-refractivity contribution in [3.63, 3.8) is 0 Å². The summed E-state index contributed by atoms with van der Waals surface area (Å²) in [5.41, 5.74) is 8.01. The van der Waals surface area contributed by atoms with Gasteiger partial charge in [0, 0.05) is 25.4 Å². The van der Waals surface area contributed by atoms with Gasteiger partial charge in [0.2, 0.25) is 6.29 Å². The van der Waals surface area contributed by atoms with E-state index in [0.29, 0.717) is 6.42 Å². The van der Waals surface area contributed by atoms with E-state index >= 15 is 0 Å². The fraction of sp³-hybridized carbons (Fsp3) is 0.429. The largest absolute Gasteiger partial charge is 0.338 e. The first-order chi connectivity index (χ1) is 5.24. The molecule has 0 aliphatic heterocycles. The van der Waals surface area contributed by atoms with Gasteiger partial charge in [0.1, 0.15) is 0 Å². The first-order valence-corrected chi connectivity index (χ1v) is 3.28. The van der Waals surface area contributed by atoms with Crippen LogP contribution >= 0.6 is 0 Å². The number of hydrogen-bond donors (Lipinski definition) is 0. The zero-order chi connectivity index (χ0) is 8.27. The van der Waals surface area contributed by atoms with Crippen molar-refractivity contribution in [2.75, 3.05) is 0 Å². The highest BCUT2D eigenvalue weighted by atomic mass is 16.1. The third-order valence-corrected chi connectivity index (χ3v) is 1.47. The van der Waals surface area contributed by atoms with Gasteiger partial charge < -0.3 is 4.57 Å². The van der Waals surface area contributed by atoms with Gasteiger partial charge in [-0.1, -0.05) is 0 Å². The van der Waals surface area contributed by atoms with Gasteiger partial charge in [-0.15, -0.1) is 0 Å². The Morgan fingerprint density at radius 3 is 3.09 bits per heavy atom. The Hall–Kier alpha value is -1.16. The van der Waals surface area contributed by atoms with Crippen LogP contribution in [0.25, 0.3) is 0 Å². The second-order valence-corrected chi connectivity index (χ2v) is 2.37. The molecule has 1 rings (SSSR count). The van der Waals surface area contributed by atoms with Crippen LogP contribution in [-0.2, 0) is 18.3 Å². The quantitative estimate of drug-likeness (QED) is 0.596. The maximum atomic E-state index is 10.0. The molecule has 0 fully saturated rings. The molecule has 4 nitrogen and oxygen atoms in total. The van der Waals surface area contributed by atoms with Crippen LogP contribution in [0.1, 0.15) is 5.69 Å². The summed E-state index contributed by atoms with van der Waals surface area (Å²) < 4.78 is 1.79. The van der Waals surface area contributed by atoms with Gasteiger partial charge in [0.25, 0.3) is 0 Å². The lowest BCUT2D eigenvalue weighted by molar-refractivity contribution is 0.537. The Balaban J connectivity index is 2.63. The van der Waals surface area contributed by atoms with E-state index in [1.54, 1.807) is 23.4 Å². The third kappa shape index (κ3) is 1.88. The Labute approximate surface area is 65.0 Å². The fourth-order valence-electron chi connectivity index (χ4n) is 0.832. The molecule has 58 valence electrons. The number of hydrogen-bond acceptors (Lipinski definition) is 2. The SMILES string of the molecule is Cn1cncc1C[C@H]([NH])[C]=O. The van der Waals surface area contributed by atoms with Crippen LogP contribution in [0.2, 0.25) is 0 Å². The molecule has 0 aromatic carbocycles. The highest BCUT2D eigenvalue weighted by Crippen LogP contribution is 1.98. The van der Waals surface area contributed by atoms with E-state index in [2.05, 4.69) is 4.98 Å². The minimum atomic E-state index is -0.787. The van der Waals surface area contributed by atoms with Crippen LogP contribution < -0.4 is 5.73 Å². The Morgan fingerprint density at radius 1 is 1.91 bits per heavy atom. The first-order valence-electron chi connectivity index (χ1n) is 3.28. The summed E-state index contributed by atoms with van der Waals surface area (Å²) in [6.45, 7) is 0. The summed E-state index contributed by atoms with van der Waals surface area (Å²) >= 11 is 0. The monoisotopic (exact) mass is 151 g/mol. The van der Waals surface area contributed by atoms with Gasteiger partial charge in [0.15, 0.2) is 0 Å². The average molecular weight is 151 g/mol. The molecule has 0 unspecified atom stereocenters. The van der Waals surface area contributed by atoms with Crippen molar-refractivity contribution in [3.8, 4) is 0 Å². The first kappa shape index (κ1) is 7.94. The zero-order valence-corrected chi connectivity index (χ0v) is 6.24. The Bertz CT molecular complexity index is 244. The van der Waals surface area contributed by atoms with Crippen LogP contribution in [-0.4, -0.2) is 21.9 Å². The van der Waals surface area contributed by atoms with E-state index < -0.39 is 6.04 Å². The number of imidazole rings is 1. The van der Waals surface area contributed by atoms with Gasteiger partial charge in [-0.3, -0.25) is 4.79 Å². The summed E-state index contributed by atoms with van der Waals surface area (Å²) in [5, 5.41) is 0. The zero-order valence-electron chi connectivity index (χ0n) is 6.24. The molecule has 4 heteroatoms. The predicted molar refractivity (Wildman–Crippen MR) is 39.5 cm³/mol. The van der Waals surface area contributed by atoms with Crippen LogP contribution in [0.5, 0.6) is 0 Å². The van der Waals surface area contributed by atoms with Crippen molar-refractivity contribution in [2.24, 2.45) is 7.05 Å². The molecule has 1 heterocycles. The second-order valence-electron chi connectivity index (χ2n) is 2.37. The highest BCUT2D eigenvalue weighted by molar-refractivity contribution is 5.58. The number of carbonyl (C=O) groups excluding carboxylic acids is 1. The van der Waals surface area contributed by atoms with E-state index in [0.717, 1.165) is 5.69 Å². The molecule has 1 aromatic rings. The maximum absolute atomic E-state index is 10.0. The molecular weight excluding hydrogens is 142 g/mol. The smallest absolute Gasteiger partial charge is 0.218 e. The molecule has 0 aliphatic carbocycles. The lowest BCUT2D eigenvalue weighted by Crippen LogP contribution is -2.15. The molecule has 0 saturated heterocycles. The number of aryl methyl sites for hydroxylation is 1. The number of rotatable bonds is 3. The number of nitrogens with zero attached hydrogens (tertiary/aromatic N) is 2. The van der Waals surface area contributed by atoms with E-state index in [9.17, 15) is 4.79 Å². The summed E-state index contributed by atoms with van der Waals surface area (Å²) in [4.78, 5) is 13.9. The van der Waals surface area contributed by atoms with Gasteiger partial charge >= 0.3 is 0 Å². The minimum absolute atomic E-state index is 0.389. The number of aromatic nitrogens is 2. The number of nitrogens with one attached hydrogen (secondary N) is 1. The van der Waals surface area contributed by atoms with Crippen LogP contribution in [0.4, 0.5) is 0 Å². The fourth-order valence-corrected chi connectivity index (χ4v) is 0.832. The van der Waals surface area contributed by atoms with Crippen molar-refractivity contribution in [1.29, 1.82) is 0 Å². The lowest BCUT2D eigenvalue weighted by atomic mass is 10.2. The molecule has 2 radical (unpaired) electrons. The maximum Gasteiger partial charge on any atom is 0.218 e. The highest BCUT2D eigenvalue weighted by Gasteiger charge is 2.05. The Kier molecular flexibility index (Phi) is 2.38. The van der Waals surface area contributed by atoms with Gasteiger partial charge in [-0.2, -0.15) is 0 Å². The lowest BCUT2D eigenvalue weighted by Gasteiger charge is -2.01. The summed E-state index contributed by atoms with van der Waals surface area (Å²) in [5.74, 6) is 0. The molecule has 1 N–H and O–H groups in total. The molecule has 0 bridgehead atoms. The van der Waals surface area contributed by atoms with Gasteiger partial charge in [-0.25, -0.2) is 10.7 Å². The van der Waals surface area contributed by atoms with Gasteiger partial charge in [-0.05, 0) is 0 Å². The molecule has 11 heavy (non-hydrogen) atoms. The van der Waals surface area contributed by atoms with E-state index in [1.807, 2.05) is 7.05 Å². The van der Waals surface area contributed by atoms with Crippen LogP contribution in [0, 0.1) is 0 Å². The second kappa shape index (κ2) is 3.30. The molecule has 1 atom stereocenters. The molecule has 0 saturated carbocycles. The third-order valence-electron chi connectivity index (χ3n) is 1.47. The normalized spacial score (nSPS) is 12.9. The van der Waals surface area contributed by atoms with Crippen LogP contribution in [0.15, 0.2) is 12.5 Å². The molecule has 1 aromatic heterocycles. The molecule has 0 amide bonds. The van der Waals surface area contributed by atoms with E-state index in [-0.39, 0.29) is 0 Å². The molecular formula is C7H9N3O. The van der Waals surface area contributed by atoms with E-state index in [1.165, 1.54) is 0 Å².